The van der Waals surface area contributed by atoms with Crippen LogP contribution in [0, 0.1) is 0 Å². The molecule has 5 rings (SSSR count). The molecule has 1 N–H and O–H groups in total. The number of hydrogen-bond acceptors (Lipinski definition) is 4. The van der Waals surface area contributed by atoms with Crippen molar-refractivity contribution in [1.29, 1.82) is 0 Å². The fourth-order valence-electron chi connectivity index (χ4n) is 3.92. The van der Waals surface area contributed by atoms with Crippen molar-refractivity contribution in [1.82, 2.24) is 20.2 Å². The van der Waals surface area contributed by atoms with Crippen molar-refractivity contribution in [2.45, 2.75) is 18.6 Å². The lowest BCUT2D eigenvalue weighted by atomic mass is 10.0. The second-order valence-electron chi connectivity index (χ2n) is 7.41. The van der Waals surface area contributed by atoms with Gasteiger partial charge in [0.2, 0.25) is 0 Å². The van der Waals surface area contributed by atoms with E-state index in [1.807, 2.05) is 54.6 Å². The lowest BCUT2D eigenvalue weighted by Gasteiger charge is -2.26. The van der Waals surface area contributed by atoms with Crippen LogP contribution >= 0.6 is 35.4 Å². The Hall–Kier alpha value is -2.93. The van der Waals surface area contributed by atoms with Gasteiger partial charge in [0.1, 0.15) is 17.6 Å². The molecule has 0 unspecified atom stereocenters. The SMILES string of the molecule is S=C1N[C@H](c2ccccn2)[C@H](c2ccc(-c3cccc(Cl)c3Cl)o2)N1Cc1ccncc1. The van der Waals surface area contributed by atoms with E-state index in [4.69, 9.17) is 39.8 Å². The van der Waals surface area contributed by atoms with Gasteiger partial charge in [0.15, 0.2) is 5.11 Å². The Morgan fingerprint density at radius 3 is 2.59 bits per heavy atom. The van der Waals surface area contributed by atoms with Crippen LogP contribution in [0.25, 0.3) is 11.3 Å². The zero-order chi connectivity index (χ0) is 22.1. The molecule has 0 amide bonds. The molecule has 2 atom stereocenters. The van der Waals surface area contributed by atoms with Gasteiger partial charge in [0.05, 0.1) is 21.8 Å². The Labute approximate surface area is 201 Å². The van der Waals surface area contributed by atoms with Gasteiger partial charge in [0.25, 0.3) is 0 Å². The smallest absolute Gasteiger partial charge is 0.170 e. The summed E-state index contributed by atoms with van der Waals surface area (Å²) in [7, 11) is 0. The molecule has 0 bridgehead atoms. The van der Waals surface area contributed by atoms with Gasteiger partial charge in [-0.3, -0.25) is 9.97 Å². The van der Waals surface area contributed by atoms with E-state index in [1.165, 1.54) is 0 Å². The van der Waals surface area contributed by atoms with Gasteiger partial charge in [-0.2, -0.15) is 0 Å². The Bertz CT molecular complexity index is 1250. The zero-order valence-corrected chi connectivity index (χ0v) is 19.1. The number of rotatable bonds is 5. The highest BCUT2D eigenvalue weighted by molar-refractivity contribution is 7.80. The molecule has 0 spiro atoms. The maximum Gasteiger partial charge on any atom is 0.170 e. The molecule has 1 aliphatic heterocycles. The largest absolute Gasteiger partial charge is 0.459 e. The van der Waals surface area contributed by atoms with E-state index in [2.05, 4.69) is 20.2 Å². The van der Waals surface area contributed by atoms with Gasteiger partial charge in [0, 0.05) is 30.7 Å². The van der Waals surface area contributed by atoms with Gasteiger partial charge >= 0.3 is 0 Å². The number of pyridine rings is 2. The predicted molar refractivity (Wildman–Crippen MR) is 129 cm³/mol. The fraction of sp³-hybridized carbons (Fsp3) is 0.125. The molecule has 8 heteroatoms. The summed E-state index contributed by atoms with van der Waals surface area (Å²) < 4.78 is 6.33. The van der Waals surface area contributed by atoms with E-state index in [-0.39, 0.29) is 12.1 Å². The van der Waals surface area contributed by atoms with Gasteiger partial charge < -0.3 is 14.6 Å². The summed E-state index contributed by atoms with van der Waals surface area (Å²) >= 11 is 18.4. The van der Waals surface area contributed by atoms with Crippen LogP contribution in [0.1, 0.15) is 29.1 Å². The maximum absolute atomic E-state index is 6.43. The topological polar surface area (TPSA) is 54.2 Å². The number of nitrogens with zero attached hydrogens (tertiary/aromatic N) is 3. The number of nitrogens with one attached hydrogen (secondary N) is 1. The monoisotopic (exact) mass is 480 g/mol. The fourth-order valence-corrected chi connectivity index (χ4v) is 4.62. The van der Waals surface area contributed by atoms with E-state index < -0.39 is 0 Å². The summed E-state index contributed by atoms with van der Waals surface area (Å²) in [5.41, 5.74) is 2.73. The average molecular weight is 481 g/mol. The number of furan rings is 1. The van der Waals surface area contributed by atoms with Crippen molar-refractivity contribution in [3.63, 3.8) is 0 Å². The molecule has 5 nitrogen and oxygen atoms in total. The van der Waals surface area contributed by atoms with Crippen LogP contribution in [0.2, 0.25) is 10.0 Å². The molecule has 32 heavy (non-hydrogen) atoms. The number of benzene rings is 1. The number of hydrogen-bond donors (Lipinski definition) is 1. The predicted octanol–water partition coefficient (Wildman–Crippen LogP) is 6.22. The molecule has 4 heterocycles. The van der Waals surface area contributed by atoms with E-state index in [0.29, 0.717) is 27.5 Å². The molecular weight excluding hydrogens is 463 g/mol. The van der Waals surface area contributed by atoms with Gasteiger partial charge in [-0.05, 0) is 66.3 Å². The molecule has 0 radical (unpaired) electrons. The molecule has 4 aromatic rings. The van der Waals surface area contributed by atoms with Crippen LogP contribution in [0.3, 0.4) is 0 Å². The molecule has 160 valence electrons. The highest BCUT2D eigenvalue weighted by atomic mass is 35.5. The molecule has 0 saturated carbocycles. The first-order valence-electron chi connectivity index (χ1n) is 10.0. The zero-order valence-electron chi connectivity index (χ0n) is 16.8. The average Bonchev–Trinajstić information content (AvgIpc) is 3.42. The summed E-state index contributed by atoms with van der Waals surface area (Å²) in [5, 5.41) is 5.02. The maximum atomic E-state index is 6.43. The number of halogens is 2. The Balaban J connectivity index is 1.56. The molecule has 1 aromatic carbocycles. The summed E-state index contributed by atoms with van der Waals surface area (Å²) in [6.45, 7) is 0.607. The first-order chi connectivity index (χ1) is 15.6. The Morgan fingerprint density at radius 1 is 0.969 bits per heavy atom. The normalized spacial score (nSPS) is 18.1. The van der Waals surface area contributed by atoms with Gasteiger partial charge in [-0.1, -0.05) is 35.3 Å². The first-order valence-corrected chi connectivity index (χ1v) is 11.2. The van der Waals surface area contributed by atoms with Crippen LogP contribution in [-0.4, -0.2) is 20.0 Å². The lowest BCUT2D eigenvalue weighted by Crippen LogP contribution is -2.29. The van der Waals surface area contributed by atoms with Crippen molar-refractivity contribution in [2.24, 2.45) is 0 Å². The van der Waals surface area contributed by atoms with Crippen LogP contribution < -0.4 is 5.32 Å². The summed E-state index contributed by atoms with van der Waals surface area (Å²) in [4.78, 5) is 10.8. The third kappa shape index (κ3) is 3.97. The first kappa shape index (κ1) is 20.9. The second kappa shape index (κ2) is 8.90. The third-order valence-corrected chi connectivity index (χ3v) is 6.61. The summed E-state index contributed by atoms with van der Waals surface area (Å²) in [6, 6.07) is 18.8. The van der Waals surface area contributed by atoms with Gasteiger partial charge in [-0.25, -0.2) is 0 Å². The molecule has 3 aromatic heterocycles. The second-order valence-corrected chi connectivity index (χ2v) is 8.59. The quantitative estimate of drug-likeness (QED) is 0.342. The molecule has 1 saturated heterocycles. The summed E-state index contributed by atoms with van der Waals surface area (Å²) in [6.07, 6.45) is 5.33. The van der Waals surface area contributed by atoms with Crippen molar-refractivity contribution in [2.75, 3.05) is 0 Å². The molecule has 0 aliphatic carbocycles. The van der Waals surface area contributed by atoms with Crippen molar-refractivity contribution in [3.8, 4) is 11.3 Å². The minimum atomic E-state index is -0.197. The van der Waals surface area contributed by atoms with E-state index in [0.717, 1.165) is 22.6 Å². The molecule has 1 fully saturated rings. The van der Waals surface area contributed by atoms with Crippen LogP contribution in [0.5, 0.6) is 0 Å². The van der Waals surface area contributed by atoms with Crippen LogP contribution in [0.4, 0.5) is 0 Å². The van der Waals surface area contributed by atoms with E-state index >= 15 is 0 Å². The molecule has 1 aliphatic rings. The van der Waals surface area contributed by atoms with E-state index in [9.17, 15) is 0 Å². The number of thiocarbonyl (C=S) groups is 1. The molecular formula is C24H18Cl2N4OS. The van der Waals surface area contributed by atoms with Crippen molar-refractivity contribution in [3.05, 3.63) is 106 Å². The van der Waals surface area contributed by atoms with Crippen LogP contribution in [0.15, 0.2) is 83.7 Å². The summed E-state index contributed by atoms with van der Waals surface area (Å²) in [5.74, 6) is 1.40. The third-order valence-electron chi connectivity index (χ3n) is 5.44. The standard InChI is InChI=1S/C24H18Cl2N4OS/c25-17-5-3-4-16(21(17)26)19-7-8-20(31-19)23-22(18-6-1-2-11-28-18)29-24(32)30(23)14-15-9-12-27-13-10-15/h1-13,22-23H,14H2,(H,29,32)/t22-,23+/m1/s1. The van der Waals surface area contributed by atoms with Gasteiger partial charge in [-0.15, -0.1) is 0 Å². The number of aromatic nitrogens is 2. The Kier molecular flexibility index (Phi) is 5.83. The minimum absolute atomic E-state index is 0.167. The van der Waals surface area contributed by atoms with Crippen molar-refractivity contribution >= 4 is 40.5 Å². The van der Waals surface area contributed by atoms with E-state index in [1.54, 1.807) is 24.7 Å². The Morgan fingerprint density at radius 2 is 1.81 bits per heavy atom. The lowest BCUT2D eigenvalue weighted by molar-refractivity contribution is 0.269. The van der Waals surface area contributed by atoms with Crippen molar-refractivity contribution < 1.29 is 4.42 Å². The minimum Gasteiger partial charge on any atom is -0.459 e. The highest BCUT2D eigenvalue weighted by Gasteiger charge is 2.41. The van der Waals surface area contributed by atoms with Crippen LogP contribution in [-0.2, 0) is 6.54 Å². The highest BCUT2D eigenvalue weighted by Crippen LogP contribution is 2.42.